The highest BCUT2D eigenvalue weighted by Gasteiger charge is 2.59. The van der Waals surface area contributed by atoms with E-state index in [9.17, 15) is 35.1 Å². The summed E-state index contributed by atoms with van der Waals surface area (Å²) in [5, 5.41) is 51.2. The first-order valence-corrected chi connectivity index (χ1v) is 12.2. The fraction of sp³-hybridized carbons (Fsp3) is 0.538. The van der Waals surface area contributed by atoms with Crippen molar-refractivity contribution in [3.05, 3.63) is 53.8 Å². The second-order valence-corrected chi connectivity index (χ2v) is 9.50. The summed E-state index contributed by atoms with van der Waals surface area (Å²) < 4.78 is 27.3. The molecule has 12 nitrogen and oxygen atoms in total. The van der Waals surface area contributed by atoms with Gasteiger partial charge in [0.1, 0.15) is 30.5 Å². The number of esters is 2. The lowest BCUT2D eigenvalue weighted by molar-refractivity contribution is -0.343. The number of aliphatic hydroxyl groups excluding tert-OH is 5. The van der Waals surface area contributed by atoms with E-state index in [-0.39, 0.29) is 5.57 Å². The third-order valence-corrected chi connectivity index (χ3v) is 7.25. The maximum Gasteiger partial charge on any atom is 0.337 e. The van der Waals surface area contributed by atoms with Crippen LogP contribution < -0.4 is 0 Å². The SMILES string of the molecule is COC(=O)C1=CO[C@@H](O[C@H]2O[C@H](CO)[C@@H](O)[C@H](O)[C@H]2O)[C@H]2[C@H](C)[C@@H](OC(=O)C=Cc3ccccc3)[C@@H](O)[C@H]12. The third-order valence-electron chi connectivity index (χ3n) is 7.25. The average molecular weight is 537 g/mol. The van der Waals surface area contributed by atoms with E-state index >= 15 is 0 Å². The van der Waals surface area contributed by atoms with Crippen molar-refractivity contribution in [1.82, 2.24) is 0 Å². The lowest BCUT2D eigenvalue weighted by Crippen LogP contribution is -2.60. The highest BCUT2D eigenvalue weighted by atomic mass is 16.8. The van der Waals surface area contributed by atoms with Gasteiger partial charge in [0.15, 0.2) is 6.29 Å². The van der Waals surface area contributed by atoms with E-state index in [1.165, 1.54) is 13.2 Å². The molecule has 1 saturated carbocycles. The predicted molar refractivity (Wildman–Crippen MR) is 127 cm³/mol. The third kappa shape index (κ3) is 5.47. The van der Waals surface area contributed by atoms with Crippen LogP contribution in [-0.4, -0.2) is 100 Å². The molecule has 11 atom stereocenters. The summed E-state index contributed by atoms with van der Waals surface area (Å²) in [6, 6.07) is 9.07. The zero-order valence-electron chi connectivity index (χ0n) is 20.8. The van der Waals surface area contributed by atoms with Crippen LogP contribution >= 0.6 is 0 Å². The summed E-state index contributed by atoms with van der Waals surface area (Å²) in [6.07, 6.45) is -7.46. The highest BCUT2D eigenvalue weighted by molar-refractivity contribution is 5.89. The van der Waals surface area contributed by atoms with Gasteiger partial charge in [-0.25, -0.2) is 9.59 Å². The summed E-state index contributed by atoms with van der Waals surface area (Å²) in [6.45, 7) is 1.03. The number of rotatable bonds is 7. The maximum atomic E-state index is 12.6. The minimum atomic E-state index is -1.70. The number of fused-ring (bicyclic) bond motifs is 1. The fourth-order valence-electron chi connectivity index (χ4n) is 5.22. The summed E-state index contributed by atoms with van der Waals surface area (Å²) >= 11 is 0. The Kier molecular flexibility index (Phi) is 8.83. The Balaban J connectivity index is 1.55. The van der Waals surface area contributed by atoms with E-state index in [4.69, 9.17) is 23.7 Å². The van der Waals surface area contributed by atoms with E-state index in [2.05, 4.69) is 0 Å². The highest BCUT2D eigenvalue weighted by Crippen LogP contribution is 2.49. The first kappa shape index (κ1) is 28.2. The zero-order valence-corrected chi connectivity index (χ0v) is 20.8. The minimum absolute atomic E-state index is 0.00359. The molecule has 12 heteroatoms. The first-order chi connectivity index (χ1) is 18.2. The van der Waals surface area contributed by atoms with Gasteiger partial charge in [0.25, 0.3) is 0 Å². The van der Waals surface area contributed by atoms with Gasteiger partial charge in [-0.3, -0.25) is 0 Å². The Hall–Kier alpha value is -2.84. The summed E-state index contributed by atoms with van der Waals surface area (Å²) in [5.74, 6) is -3.80. The van der Waals surface area contributed by atoms with Crippen LogP contribution in [0.15, 0.2) is 48.2 Å². The van der Waals surface area contributed by atoms with Crippen molar-refractivity contribution in [2.75, 3.05) is 13.7 Å². The normalized spacial score (nSPS) is 38.7. The van der Waals surface area contributed by atoms with Gasteiger partial charge < -0.3 is 49.2 Å². The maximum absolute atomic E-state index is 12.6. The Morgan fingerprint density at radius 2 is 1.71 bits per heavy atom. The molecule has 0 aromatic heterocycles. The molecule has 2 aliphatic heterocycles. The lowest BCUT2D eigenvalue weighted by Gasteiger charge is -2.43. The molecule has 1 aliphatic carbocycles. The van der Waals surface area contributed by atoms with Gasteiger partial charge in [0.2, 0.25) is 6.29 Å². The Labute approximate surface area is 218 Å². The molecule has 2 fully saturated rings. The number of hydrogen-bond acceptors (Lipinski definition) is 12. The van der Waals surface area contributed by atoms with Crippen LogP contribution in [0.4, 0.5) is 0 Å². The molecule has 0 bridgehead atoms. The zero-order chi connectivity index (χ0) is 27.6. The van der Waals surface area contributed by atoms with Gasteiger partial charge in [-0.1, -0.05) is 37.3 Å². The number of hydrogen-bond donors (Lipinski definition) is 5. The summed E-state index contributed by atoms with van der Waals surface area (Å²) in [5.41, 5.74) is 0.777. The predicted octanol–water partition coefficient (Wildman–Crippen LogP) is -0.916. The quantitative estimate of drug-likeness (QED) is 0.214. The van der Waals surface area contributed by atoms with Gasteiger partial charge in [-0.15, -0.1) is 0 Å². The molecular formula is C26H32O12. The van der Waals surface area contributed by atoms with Crippen molar-refractivity contribution in [3.8, 4) is 0 Å². The second kappa shape index (κ2) is 11.9. The van der Waals surface area contributed by atoms with E-state index in [0.29, 0.717) is 0 Å². The summed E-state index contributed by atoms with van der Waals surface area (Å²) in [4.78, 5) is 25.1. The first-order valence-electron chi connectivity index (χ1n) is 12.2. The molecular weight excluding hydrogens is 504 g/mol. The molecule has 0 amide bonds. The monoisotopic (exact) mass is 536 g/mol. The van der Waals surface area contributed by atoms with Gasteiger partial charge in [0, 0.05) is 23.8 Å². The fourth-order valence-corrected chi connectivity index (χ4v) is 5.22. The number of carbonyl (C=O) groups excluding carboxylic acids is 2. The van der Waals surface area contributed by atoms with Gasteiger partial charge in [0.05, 0.1) is 31.7 Å². The number of carbonyl (C=O) groups is 2. The van der Waals surface area contributed by atoms with E-state index in [1.54, 1.807) is 25.1 Å². The number of aliphatic hydroxyl groups is 5. The van der Waals surface area contributed by atoms with Crippen molar-refractivity contribution in [2.24, 2.45) is 17.8 Å². The van der Waals surface area contributed by atoms with Crippen LogP contribution in [0.25, 0.3) is 6.08 Å². The van der Waals surface area contributed by atoms with Crippen LogP contribution in [0.2, 0.25) is 0 Å². The van der Waals surface area contributed by atoms with E-state index < -0.39 is 85.5 Å². The Morgan fingerprint density at radius 1 is 1.00 bits per heavy atom. The van der Waals surface area contributed by atoms with Crippen molar-refractivity contribution < 1.29 is 58.8 Å². The van der Waals surface area contributed by atoms with Crippen LogP contribution in [0.5, 0.6) is 0 Å². The molecule has 1 aromatic carbocycles. The molecule has 2 heterocycles. The number of benzene rings is 1. The lowest BCUT2D eigenvalue weighted by atomic mass is 9.82. The molecule has 0 spiro atoms. The van der Waals surface area contributed by atoms with Crippen molar-refractivity contribution >= 4 is 18.0 Å². The largest absolute Gasteiger partial charge is 0.472 e. The van der Waals surface area contributed by atoms with Gasteiger partial charge >= 0.3 is 11.9 Å². The smallest absolute Gasteiger partial charge is 0.337 e. The number of ether oxygens (including phenoxy) is 5. The molecule has 1 aromatic rings. The minimum Gasteiger partial charge on any atom is -0.472 e. The van der Waals surface area contributed by atoms with Gasteiger partial charge in [-0.2, -0.15) is 0 Å². The summed E-state index contributed by atoms with van der Waals surface area (Å²) in [7, 11) is 1.17. The molecule has 3 aliphatic rings. The van der Waals surface area contributed by atoms with Crippen LogP contribution in [0, 0.1) is 17.8 Å². The molecule has 0 unspecified atom stereocenters. The van der Waals surface area contributed by atoms with Crippen molar-refractivity contribution in [2.45, 2.75) is 56.1 Å². The second-order valence-electron chi connectivity index (χ2n) is 9.50. The Morgan fingerprint density at radius 3 is 2.37 bits per heavy atom. The van der Waals surface area contributed by atoms with Crippen LogP contribution in [0.3, 0.4) is 0 Å². The number of methoxy groups -OCH3 is 1. The molecule has 4 rings (SSSR count). The molecule has 208 valence electrons. The standard InChI is InChI=1S/C26H32O12/c1-12-17-18(20(30)23(12)37-16(28)9-8-13-6-4-3-5-7-13)14(24(33)34-2)11-35-25(17)38-26-22(32)21(31)19(29)15(10-27)36-26/h3-9,11-12,15,17-23,25-27,29-32H,10H2,1-2H3/t12-,15+,17-,18+,19+,20-,21-,22+,23+,25-,26+/m0/s1. The molecule has 38 heavy (non-hydrogen) atoms. The average Bonchev–Trinajstić information content (AvgIpc) is 3.17. The topological polar surface area (TPSA) is 181 Å². The molecule has 1 saturated heterocycles. The van der Waals surface area contributed by atoms with E-state index in [1.807, 2.05) is 18.2 Å². The van der Waals surface area contributed by atoms with Crippen molar-refractivity contribution in [3.63, 3.8) is 0 Å². The Bertz CT molecular complexity index is 1040. The molecule has 0 radical (unpaired) electrons. The van der Waals surface area contributed by atoms with Crippen molar-refractivity contribution in [1.29, 1.82) is 0 Å². The molecule has 5 N–H and O–H groups in total. The van der Waals surface area contributed by atoms with Crippen LogP contribution in [0.1, 0.15) is 12.5 Å². The van der Waals surface area contributed by atoms with Gasteiger partial charge in [-0.05, 0) is 11.6 Å². The van der Waals surface area contributed by atoms with Crippen LogP contribution in [-0.2, 0) is 33.3 Å². The van der Waals surface area contributed by atoms with E-state index in [0.717, 1.165) is 11.8 Å².